The van der Waals surface area contributed by atoms with Gasteiger partial charge in [0.15, 0.2) is 5.82 Å². The highest BCUT2D eigenvalue weighted by atomic mass is 32.1. The number of nitrogens with zero attached hydrogens (tertiary/aromatic N) is 2. The molecule has 2 aromatic rings. The summed E-state index contributed by atoms with van der Waals surface area (Å²) in [7, 11) is 0. The van der Waals surface area contributed by atoms with Gasteiger partial charge < -0.3 is 0 Å². The number of aryl methyl sites for hydroxylation is 1. The molecule has 0 unspecified atom stereocenters. The van der Waals surface area contributed by atoms with Gasteiger partial charge in [-0.15, -0.1) is 12.6 Å². The number of benzene rings is 1. The van der Waals surface area contributed by atoms with Gasteiger partial charge in [-0.2, -0.15) is 0 Å². The second-order valence-electron chi connectivity index (χ2n) is 3.19. The van der Waals surface area contributed by atoms with Gasteiger partial charge in [-0.3, -0.25) is 0 Å². The first-order valence-electron chi connectivity index (χ1n) is 4.45. The number of halogens is 1. The molecule has 1 aromatic carbocycles. The van der Waals surface area contributed by atoms with E-state index in [0.29, 0.717) is 10.7 Å². The molecule has 0 amide bonds. The van der Waals surface area contributed by atoms with Crippen molar-refractivity contribution in [3.63, 3.8) is 0 Å². The summed E-state index contributed by atoms with van der Waals surface area (Å²) in [6, 6.07) is 6.44. The molecule has 0 saturated carbocycles. The molecule has 76 valence electrons. The van der Waals surface area contributed by atoms with Crippen LogP contribution in [-0.4, -0.2) is 9.97 Å². The molecule has 0 atom stereocenters. The Labute approximate surface area is 92.6 Å². The average Bonchev–Trinajstić information content (AvgIpc) is 2.22. The summed E-state index contributed by atoms with van der Waals surface area (Å²) >= 11 is 4.01. The Hall–Kier alpha value is -1.42. The summed E-state index contributed by atoms with van der Waals surface area (Å²) in [5.74, 6) is 0.250. The van der Waals surface area contributed by atoms with Gasteiger partial charge in [0.25, 0.3) is 0 Å². The molecule has 0 saturated heterocycles. The van der Waals surface area contributed by atoms with E-state index in [4.69, 9.17) is 0 Å². The van der Waals surface area contributed by atoms with E-state index in [1.807, 2.05) is 13.0 Å². The normalized spacial score (nSPS) is 10.3. The van der Waals surface area contributed by atoms with Crippen LogP contribution in [-0.2, 0) is 0 Å². The summed E-state index contributed by atoms with van der Waals surface area (Å²) in [4.78, 5) is 8.66. The maximum absolute atomic E-state index is 13.0. The predicted octanol–water partition coefficient (Wildman–Crippen LogP) is 2.88. The first-order valence-corrected chi connectivity index (χ1v) is 4.90. The lowest BCUT2D eigenvalue weighted by atomic mass is 10.2. The van der Waals surface area contributed by atoms with Gasteiger partial charge in [0.2, 0.25) is 0 Å². The largest absolute Gasteiger partial charge is 0.237 e. The maximum Gasteiger partial charge on any atom is 0.159 e. The Morgan fingerprint density at radius 3 is 2.73 bits per heavy atom. The Kier molecular flexibility index (Phi) is 2.68. The maximum atomic E-state index is 13.0. The molecule has 0 aliphatic carbocycles. The van der Waals surface area contributed by atoms with Crippen molar-refractivity contribution in [1.82, 2.24) is 9.97 Å². The van der Waals surface area contributed by atoms with Crippen LogP contribution < -0.4 is 0 Å². The van der Waals surface area contributed by atoms with Crippen molar-refractivity contribution in [2.75, 3.05) is 0 Å². The lowest BCUT2D eigenvalue weighted by molar-refractivity contribution is 0.603. The van der Waals surface area contributed by atoms with Crippen LogP contribution in [0.4, 0.5) is 4.39 Å². The molecule has 2 nitrogen and oxygen atoms in total. The monoisotopic (exact) mass is 220 g/mol. The number of aromatic nitrogens is 2. The molecule has 2 rings (SSSR count). The summed E-state index contributed by atoms with van der Waals surface area (Å²) in [6.45, 7) is 1.89. The average molecular weight is 220 g/mol. The van der Waals surface area contributed by atoms with Crippen LogP contribution in [0.1, 0.15) is 5.69 Å². The summed E-state index contributed by atoms with van der Waals surface area (Å²) in [5.41, 5.74) is 1.65. The van der Waals surface area contributed by atoms with Gasteiger partial charge in [0.1, 0.15) is 5.82 Å². The quantitative estimate of drug-likeness (QED) is 0.748. The van der Waals surface area contributed by atoms with Crippen LogP contribution in [0, 0.1) is 12.7 Å². The number of thiol groups is 1. The lowest BCUT2D eigenvalue weighted by Crippen LogP contribution is -1.91. The van der Waals surface area contributed by atoms with Crippen molar-refractivity contribution < 1.29 is 4.39 Å². The summed E-state index contributed by atoms with van der Waals surface area (Å²) < 4.78 is 13.0. The third-order valence-corrected chi connectivity index (χ3v) is 2.34. The Morgan fingerprint density at radius 1 is 1.27 bits per heavy atom. The van der Waals surface area contributed by atoms with Gasteiger partial charge in [-0.25, -0.2) is 14.4 Å². The number of hydrogen-bond acceptors (Lipinski definition) is 3. The Morgan fingerprint density at radius 2 is 2.07 bits per heavy atom. The molecular formula is C11H9FN2S. The number of hydrogen-bond donors (Lipinski definition) is 1. The molecule has 0 fully saturated rings. The topological polar surface area (TPSA) is 25.8 Å². The number of rotatable bonds is 1. The van der Waals surface area contributed by atoms with Crippen molar-refractivity contribution in [3.8, 4) is 11.4 Å². The third kappa shape index (κ3) is 2.15. The van der Waals surface area contributed by atoms with Crippen LogP contribution in [0.15, 0.2) is 35.4 Å². The lowest BCUT2D eigenvalue weighted by Gasteiger charge is -2.02. The first kappa shape index (κ1) is 10.1. The Balaban J connectivity index is 2.50. The molecule has 4 heteroatoms. The van der Waals surface area contributed by atoms with E-state index in [1.54, 1.807) is 18.3 Å². The van der Waals surface area contributed by atoms with E-state index in [9.17, 15) is 4.39 Å². The summed E-state index contributed by atoms with van der Waals surface area (Å²) in [6.07, 6.45) is 1.68. The fourth-order valence-corrected chi connectivity index (χ4v) is 1.45. The second kappa shape index (κ2) is 3.98. The van der Waals surface area contributed by atoms with Crippen LogP contribution in [0.25, 0.3) is 11.4 Å². The smallest absolute Gasteiger partial charge is 0.159 e. The molecule has 1 heterocycles. The van der Waals surface area contributed by atoms with E-state index in [0.717, 1.165) is 11.3 Å². The molecule has 1 aromatic heterocycles. The molecule has 0 radical (unpaired) electrons. The van der Waals surface area contributed by atoms with Crippen LogP contribution in [0.3, 0.4) is 0 Å². The zero-order chi connectivity index (χ0) is 10.8. The van der Waals surface area contributed by atoms with Gasteiger partial charge in [-0.05, 0) is 31.2 Å². The minimum atomic E-state index is -0.338. The van der Waals surface area contributed by atoms with Crippen molar-refractivity contribution in [2.45, 2.75) is 11.8 Å². The minimum absolute atomic E-state index is 0.303. The van der Waals surface area contributed by atoms with Gasteiger partial charge in [-0.1, -0.05) is 0 Å². The fourth-order valence-electron chi connectivity index (χ4n) is 1.24. The van der Waals surface area contributed by atoms with Crippen LogP contribution in [0.5, 0.6) is 0 Å². The van der Waals surface area contributed by atoms with Crippen molar-refractivity contribution in [1.29, 1.82) is 0 Å². The van der Waals surface area contributed by atoms with E-state index < -0.39 is 0 Å². The van der Waals surface area contributed by atoms with E-state index in [-0.39, 0.29) is 5.82 Å². The zero-order valence-electron chi connectivity index (χ0n) is 8.11. The standard InChI is InChI=1S/C11H9FN2S/c1-7-4-5-13-11(14-7)8-2-3-9(12)10(15)6-8/h2-6,15H,1H3. The SMILES string of the molecule is Cc1ccnc(-c2ccc(F)c(S)c2)n1. The van der Waals surface area contributed by atoms with Crippen molar-refractivity contribution >= 4 is 12.6 Å². The van der Waals surface area contributed by atoms with E-state index >= 15 is 0 Å². The van der Waals surface area contributed by atoms with Crippen molar-refractivity contribution in [3.05, 3.63) is 42.0 Å². The van der Waals surface area contributed by atoms with Gasteiger partial charge >= 0.3 is 0 Å². The van der Waals surface area contributed by atoms with E-state index in [2.05, 4.69) is 22.6 Å². The van der Waals surface area contributed by atoms with Crippen molar-refractivity contribution in [2.24, 2.45) is 0 Å². The highest BCUT2D eigenvalue weighted by molar-refractivity contribution is 7.80. The van der Waals surface area contributed by atoms with Crippen LogP contribution >= 0.6 is 12.6 Å². The molecule has 15 heavy (non-hydrogen) atoms. The first-order chi connectivity index (χ1) is 7.16. The molecule has 0 aliphatic heterocycles. The summed E-state index contributed by atoms with van der Waals surface area (Å²) in [5, 5.41) is 0. The predicted molar refractivity (Wildman–Crippen MR) is 59.4 cm³/mol. The molecule has 0 bridgehead atoms. The van der Waals surface area contributed by atoms with Gasteiger partial charge in [0.05, 0.1) is 0 Å². The van der Waals surface area contributed by atoms with E-state index in [1.165, 1.54) is 6.07 Å². The zero-order valence-corrected chi connectivity index (χ0v) is 9.00. The second-order valence-corrected chi connectivity index (χ2v) is 3.67. The molecular weight excluding hydrogens is 211 g/mol. The fraction of sp³-hybridized carbons (Fsp3) is 0.0909. The molecule has 0 spiro atoms. The third-order valence-electron chi connectivity index (χ3n) is 2.00. The van der Waals surface area contributed by atoms with Gasteiger partial charge in [0, 0.05) is 22.3 Å². The minimum Gasteiger partial charge on any atom is -0.237 e. The highest BCUT2D eigenvalue weighted by Gasteiger charge is 2.04. The van der Waals surface area contributed by atoms with Crippen LogP contribution in [0.2, 0.25) is 0 Å². The highest BCUT2D eigenvalue weighted by Crippen LogP contribution is 2.20. The Bertz CT molecular complexity index is 500. The molecule has 0 aliphatic rings. The molecule has 0 N–H and O–H groups in total.